The van der Waals surface area contributed by atoms with Crippen molar-refractivity contribution >= 4 is 42.8 Å². The fraction of sp³-hybridized carbons (Fsp3) is 0.450. The minimum Gasteiger partial charge on any atom is -0.466 e. The van der Waals surface area contributed by atoms with Gasteiger partial charge < -0.3 is 14.0 Å². The van der Waals surface area contributed by atoms with E-state index >= 15 is 0 Å². The first-order valence-electron chi connectivity index (χ1n) is 9.08. The second kappa shape index (κ2) is 10.2. The van der Waals surface area contributed by atoms with Gasteiger partial charge in [-0.15, -0.1) is 0 Å². The van der Waals surface area contributed by atoms with Gasteiger partial charge in [-0.2, -0.15) is 21.6 Å². The predicted molar refractivity (Wildman–Crippen MR) is 114 cm³/mol. The molecular weight excluding hydrogens is 505 g/mol. The molecule has 0 aliphatic rings. The van der Waals surface area contributed by atoms with E-state index in [-0.39, 0.29) is 17.6 Å². The summed E-state index contributed by atoms with van der Waals surface area (Å²) in [6, 6.07) is 6.16. The fourth-order valence-corrected chi connectivity index (χ4v) is 3.45. The van der Waals surface area contributed by atoms with Crippen molar-refractivity contribution in [3.05, 3.63) is 39.9 Å². The molecule has 0 aliphatic carbocycles. The van der Waals surface area contributed by atoms with Gasteiger partial charge in [0.1, 0.15) is 0 Å². The van der Waals surface area contributed by atoms with E-state index in [1.807, 2.05) is 0 Å². The molecule has 11 heteroatoms. The van der Waals surface area contributed by atoms with Gasteiger partial charge in [-0.1, -0.05) is 24.3 Å². The van der Waals surface area contributed by atoms with Gasteiger partial charge in [-0.3, -0.25) is 4.79 Å². The third-order valence-electron chi connectivity index (χ3n) is 3.57. The summed E-state index contributed by atoms with van der Waals surface area (Å²) in [6.45, 7) is 8.42. The molecule has 0 fully saturated rings. The van der Waals surface area contributed by atoms with E-state index in [4.69, 9.17) is 9.84 Å². The lowest BCUT2D eigenvalue weighted by Crippen LogP contribution is -2.28. The van der Waals surface area contributed by atoms with Crippen LogP contribution in [0.2, 0.25) is 0 Å². The molecule has 2 aromatic rings. The largest absolute Gasteiger partial charge is 0.534 e. The Balaban J connectivity index is 0.000000861. The van der Waals surface area contributed by atoms with E-state index in [1.54, 1.807) is 39.8 Å². The zero-order valence-corrected chi connectivity index (χ0v) is 20.0. The molecule has 2 aromatic carbocycles. The molecule has 1 N–H and O–H groups in total. The third-order valence-corrected chi connectivity index (χ3v) is 5.54. The Kier molecular flexibility index (Phi) is 8.93. The predicted octanol–water partition coefficient (Wildman–Crippen LogP) is 5.02. The van der Waals surface area contributed by atoms with E-state index in [2.05, 4.69) is 20.1 Å². The summed E-state index contributed by atoms with van der Waals surface area (Å²) in [5.41, 5.74) is -5.72. The summed E-state index contributed by atoms with van der Waals surface area (Å²) in [5.74, 6) is -1.25. The van der Waals surface area contributed by atoms with Crippen molar-refractivity contribution in [1.82, 2.24) is 0 Å². The Labute approximate surface area is 187 Å². The molecule has 31 heavy (non-hydrogen) atoms. The number of fused-ring (bicyclic) bond motifs is 1. The number of alkyl halides is 3. The molecule has 174 valence electrons. The van der Waals surface area contributed by atoms with E-state index in [9.17, 15) is 26.4 Å². The minimum absolute atomic E-state index is 0.00171. The molecule has 0 aliphatic heterocycles. The van der Waals surface area contributed by atoms with Crippen molar-refractivity contribution in [3.63, 3.8) is 0 Å². The first-order chi connectivity index (χ1) is 14.0. The highest BCUT2D eigenvalue weighted by molar-refractivity contribution is 9.10. The summed E-state index contributed by atoms with van der Waals surface area (Å²) >= 11 is 3.33. The zero-order chi connectivity index (χ0) is 24.2. The van der Waals surface area contributed by atoms with Crippen LogP contribution < -0.4 is 4.18 Å². The van der Waals surface area contributed by atoms with Gasteiger partial charge in [0.2, 0.25) is 0 Å². The summed E-state index contributed by atoms with van der Waals surface area (Å²) in [6.07, 6.45) is -0.439. The fourth-order valence-electron chi connectivity index (χ4n) is 2.36. The van der Waals surface area contributed by atoms with Crippen LogP contribution in [-0.4, -0.2) is 37.2 Å². The maximum Gasteiger partial charge on any atom is 0.534 e. The molecule has 2 rings (SSSR count). The molecule has 0 bridgehead atoms. The Bertz CT molecular complexity index is 1040. The van der Waals surface area contributed by atoms with Gasteiger partial charge >= 0.3 is 21.6 Å². The van der Waals surface area contributed by atoms with E-state index in [1.165, 1.54) is 19.1 Å². The van der Waals surface area contributed by atoms with Crippen LogP contribution in [-0.2, 0) is 26.1 Å². The Hall–Kier alpha value is -1.85. The number of esters is 1. The van der Waals surface area contributed by atoms with Gasteiger partial charge in [-0.25, -0.2) is 0 Å². The summed E-state index contributed by atoms with van der Waals surface area (Å²) in [4.78, 5) is 11.9. The summed E-state index contributed by atoms with van der Waals surface area (Å²) in [5, 5.41) is 9.09. The third kappa shape index (κ3) is 7.65. The number of benzene rings is 2. The normalized spacial score (nSPS) is 12.2. The lowest BCUT2D eigenvalue weighted by atomic mass is 9.98. The van der Waals surface area contributed by atoms with Gasteiger partial charge in [-0.05, 0) is 61.5 Å². The van der Waals surface area contributed by atoms with E-state index in [0.717, 1.165) is 0 Å². The van der Waals surface area contributed by atoms with Crippen LogP contribution >= 0.6 is 15.9 Å². The molecule has 0 saturated carbocycles. The lowest BCUT2D eigenvalue weighted by Gasteiger charge is -2.18. The van der Waals surface area contributed by atoms with Crippen LogP contribution in [0.15, 0.2) is 28.7 Å². The number of aliphatic hydroxyl groups is 1. The summed E-state index contributed by atoms with van der Waals surface area (Å²) < 4.78 is 71.3. The topological polar surface area (TPSA) is 89.9 Å². The quantitative estimate of drug-likeness (QED) is 0.333. The molecule has 0 unspecified atom stereocenters. The number of hydrogen-bond donors (Lipinski definition) is 1. The molecule has 0 radical (unpaired) electrons. The zero-order valence-electron chi connectivity index (χ0n) is 17.6. The molecule has 0 aromatic heterocycles. The molecule has 0 amide bonds. The SMILES string of the molecule is CC(C)(C)O.CCOC(=O)Cc1c(C)c(Br)c2ccccc2c1OS(=O)(=O)C(F)(F)F. The summed E-state index contributed by atoms with van der Waals surface area (Å²) in [7, 11) is -5.91. The van der Waals surface area contributed by atoms with E-state index < -0.39 is 39.4 Å². The monoisotopic (exact) mass is 528 g/mol. The second-order valence-electron chi connectivity index (χ2n) is 7.43. The molecule has 0 spiro atoms. The first-order valence-corrected chi connectivity index (χ1v) is 11.3. The highest BCUT2D eigenvalue weighted by Crippen LogP contribution is 2.41. The number of ether oxygens (including phenoxy) is 1. The van der Waals surface area contributed by atoms with Crippen LogP contribution in [0.3, 0.4) is 0 Å². The van der Waals surface area contributed by atoms with Crippen LogP contribution in [0.4, 0.5) is 13.2 Å². The van der Waals surface area contributed by atoms with E-state index in [0.29, 0.717) is 15.4 Å². The van der Waals surface area contributed by atoms with Crippen molar-refractivity contribution in [2.75, 3.05) is 6.61 Å². The minimum atomic E-state index is -5.91. The number of rotatable bonds is 5. The Morgan fingerprint density at radius 2 is 1.61 bits per heavy atom. The maximum atomic E-state index is 12.8. The van der Waals surface area contributed by atoms with Gasteiger partial charge in [0.25, 0.3) is 0 Å². The molecule has 0 heterocycles. The lowest BCUT2D eigenvalue weighted by molar-refractivity contribution is -0.142. The number of hydrogen-bond acceptors (Lipinski definition) is 6. The van der Waals surface area contributed by atoms with Crippen LogP contribution in [0.5, 0.6) is 5.75 Å². The van der Waals surface area contributed by atoms with Crippen LogP contribution in [0.25, 0.3) is 10.8 Å². The average Bonchev–Trinajstić information content (AvgIpc) is 2.60. The Morgan fingerprint density at radius 3 is 2.06 bits per heavy atom. The van der Waals surface area contributed by atoms with Crippen LogP contribution in [0.1, 0.15) is 38.8 Å². The highest BCUT2D eigenvalue weighted by atomic mass is 79.9. The number of carbonyl (C=O) groups is 1. The highest BCUT2D eigenvalue weighted by Gasteiger charge is 2.49. The average molecular weight is 529 g/mol. The van der Waals surface area contributed by atoms with Crippen molar-refractivity contribution in [1.29, 1.82) is 0 Å². The van der Waals surface area contributed by atoms with Crippen molar-refractivity contribution in [2.45, 2.75) is 52.1 Å². The van der Waals surface area contributed by atoms with Crippen LogP contribution in [0, 0.1) is 6.92 Å². The van der Waals surface area contributed by atoms with Gasteiger partial charge in [0, 0.05) is 15.4 Å². The van der Waals surface area contributed by atoms with Crippen molar-refractivity contribution in [2.24, 2.45) is 0 Å². The second-order valence-corrected chi connectivity index (χ2v) is 9.76. The number of halogens is 4. The van der Waals surface area contributed by atoms with Gasteiger partial charge in [0.15, 0.2) is 5.75 Å². The van der Waals surface area contributed by atoms with Gasteiger partial charge in [0.05, 0.1) is 18.6 Å². The molecule has 6 nitrogen and oxygen atoms in total. The molecule has 0 atom stereocenters. The van der Waals surface area contributed by atoms with Crippen molar-refractivity contribution in [3.8, 4) is 5.75 Å². The number of carbonyl (C=O) groups excluding carboxylic acids is 1. The first kappa shape index (κ1) is 27.2. The maximum absolute atomic E-state index is 12.8. The molecular formula is C20H24BrF3O6S. The standard InChI is InChI=1S/C16H14BrF3O5S.C4H10O/c1-3-24-13(21)8-12-9(2)14(17)10-6-4-5-7-11(10)15(12)25-26(22,23)16(18,19)20;1-4(2,3)5/h4-7H,3,8H2,1-2H3;5H,1-3H3. The molecule has 0 saturated heterocycles. The van der Waals surface area contributed by atoms with Crippen molar-refractivity contribution < 1.29 is 40.4 Å². The smallest absolute Gasteiger partial charge is 0.466 e. The Morgan fingerprint density at radius 1 is 1.13 bits per heavy atom.